The Balaban J connectivity index is 3.24. The van der Waals surface area contributed by atoms with Crippen molar-refractivity contribution in [1.29, 1.82) is 0 Å². The van der Waals surface area contributed by atoms with Gasteiger partial charge in [-0.05, 0) is 24.1 Å². The molecule has 0 aromatic heterocycles. The van der Waals surface area contributed by atoms with Crippen molar-refractivity contribution in [2.45, 2.75) is 13.3 Å². The van der Waals surface area contributed by atoms with Gasteiger partial charge in [-0.2, -0.15) is 0 Å². The third kappa shape index (κ3) is 1.64. The molecule has 12 heavy (non-hydrogen) atoms. The Hall–Kier alpha value is -0.890. The van der Waals surface area contributed by atoms with Gasteiger partial charge in [0.05, 0.1) is 12.8 Å². The fraction of sp³-hybridized carbons (Fsp3) is 0.333. The topological polar surface area (TPSA) is 35.2 Å². The Morgan fingerprint density at radius 2 is 2.17 bits per heavy atom. The fourth-order valence-electron chi connectivity index (χ4n) is 1.18. The average molecular weight is 186 g/mol. The lowest BCUT2D eigenvalue weighted by atomic mass is 10.1. The molecule has 0 amide bonds. The lowest BCUT2D eigenvalue weighted by Gasteiger charge is -2.09. The van der Waals surface area contributed by atoms with Crippen molar-refractivity contribution in [2.24, 2.45) is 0 Å². The molecular formula is C9H12ClNO. The quantitative estimate of drug-likeness (QED) is 0.719. The van der Waals surface area contributed by atoms with Crippen LogP contribution in [0.25, 0.3) is 0 Å². The van der Waals surface area contributed by atoms with E-state index in [2.05, 4.69) is 0 Å². The molecule has 1 aromatic rings. The van der Waals surface area contributed by atoms with E-state index < -0.39 is 0 Å². The van der Waals surface area contributed by atoms with Crippen LogP contribution in [0.1, 0.15) is 12.5 Å². The van der Waals surface area contributed by atoms with Crippen molar-refractivity contribution in [1.82, 2.24) is 0 Å². The standard InChI is InChI=1S/C9H12ClNO/c1-3-6-4-7(10)5-8(11)9(6)12-2/h4-5H,3,11H2,1-2H3. The minimum Gasteiger partial charge on any atom is -0.494 e. The van der Waals surface area contributed by atoms with Crippen LogP contribution < -0.4 is 10.5 Å². The maximum Gasteiger partial charge on any atom is 0.145 e. The van der Waals surface area contributed by atoms with E-state index in [-0.39, 0.29) is 0 Å². The van der Waals surface area contributed by atoms with E-state index >= 15 is 0 Å². The van der Waals surface area contributed by atoms with E-state index in [0.29, 0.717) is 10.7 Å². The molecule has 0 fully saturated rings. The first kappa shape index (κ1) is 9.20. The molecule has 0 aliphatic heterocycles. The number of nitrogens with two attached hydrogens (primary N) is 1. The molecule has 2 nitrogen and oxygen atoms in total. The molecule has 0 bridgehead atoms. The molecule has 66 valence electrons. The Labute approximate surface area is 77.3 Å². The van der Waals surface area contributed by atoms with Crippen molar-refractivity contribution >= 4 is 17.3 Å². The normalized spacial score (nSPS) is 9.92. The summed E-state index contributed by atoms with van der Waals surface area (Å²) in [6, 6.07) is 3.57. The number of halogens is 1. The van der Waals surface area contributed by atoms with Gasteiger partial charge in [0.1, 0.15) is 5.75 Å². The van der Waals surface area contributed by atoms with Gasteiger partial charge in [0.25, 0.3) is 0 Å². The van der Waals surface area contributed by atoms with Crippen LogP contribution >= 0.6 is 11.6 Å². The number of benzene rings is 1. The lowest BCUT2D eigenvalue weighted by molar-refractivity contribution is 0.412. The van der Waals surface area contributed by atoms with Crippen LogP contribution in [-0.2, 0) is 6.42 Å². The molecule has 0 unspecified atom stereocenters. The van der Waals surface area contributed by atoms with Crippen LogP contribution in [0.15, 0.2) is 12.1 Å². The second kappa shape index (κ2) is 3.68. The highest BCUT2D eigenvalue weighted by atomic mass is 35.5. The van der Waals surface area contributed by atoms with Gasteiger partial charge in [0.15, 0.2) is 0 Å². The average Bonchev–Trinajstić information content (AvgIpc) is 2.03. The number of hydrogen-bond donors (Lipinski definition) is 1. The van der Waals surface area contributed by atoms with E-state index in [0.717, 1.165) is 17.7 Å². The molecule has 2 N–H and O–H groups in total. The van der Waals surface area contributed by atoms with Gasteiger partial charge in [-0.15, -0.1) is 0 Å². The summed E-state index contributed by atoms with van der Waals surface area (Å²) < 4.78 is 5.14. The van der Waals surface area contributed by atoms with Crippen molar-refractivity contribution in [3.05, 3.63) is 22.7 Å². The summed E-state index contributed by atoms with van der Waals surface area (Å²) in [7, 11) is 1.61. The summed E-state index contributed by atoms with van der Waals surface area (Å²) in [5.41, 5.74) is 7.34. The van der Waals surface area contributed by atoms with Crippen molar-refractivity contribution in [3.63, 3.8) is 0 Å². The molecule has 0 atom stereocenters. The first-order valence-electron chi connectivity index (χ1n) is 3.81. The Morgan fingerprint density at radius 1 is 1.50 bits per heavy atom. The summed E-state index contributed by atoms with van der Waals surface area (Å²) in [5, 5.41) is 0.658. The van der Waals surface area contributed by atoms with E-state index in [1.807, 2.05) is 13.0 Å². The van der Waals surface area contributed by atoms with Crippen LogP contribution in [0, 0.1) is 0 Å². The second-order valence-electron chi connectivity index (χ2n) is 2.54. The van der Waals surface area contributed by atoms with Gasteiger partial charge in [0, 0.05) is 5.02 Å². The monoisotopic (exact) mass is 185 g/mol. The molecule has 0 saturated carbocycles. The zero-order valence-corrected chi connectivity index (χ0v) is 7.98. The van der Waals surface area contributed by atoms with Crippen molar-refractivity contribution < 1.29 is 4.74 Å². The fourth-order valence-corrected chi connectivity index (χ4v) is 1.43. The highest BCUT2D eigenvalue weighted by Gasteiger charge is 2.06. The number of anilines is 1. The number of hydrogen-bond acceptors (Lipinski definition) is 2. The maximum absolute atomic E-state index is 5.82. The van der Waals surface area contributed by atoms with Gasteiger partial charge >= 0.3 is 0 Å². The summed E-state index contributed by atoms with van der Waals surface area (Å²) >= 11 is 5.82. The highest BCUT2D eigenvalue weighted by Crippen LogP contribution is 2.30. The molecular weight excluding hydrogens is 174 g/mol. The molecule has 0 heterocycles. The Morgan fingerprint density at radius 3 is 2.67 bits per heavy atom. The van der Waals surface area contributed by atoms with Crippen LogP contribution in [0.4, 0.5) is 5.69 Å². The molecule has 1 rings (SSSR count). The molecule has 0 saturated heterocycles. The number of rotatable bonds is 2. The molecule has 0 spiro atoms. The zero-order chi connectivity index (χ0) is 9.14. The van der Waals surface area contributed by atoms with Crippen LogP contribution in [0.5, 0.6) is 5.75 Å². The predicted molar refractivity (Wildman–Crippen MR) is 51.8 cm³/mol. The van der Waals surface area contributed by atoms with Gasteiger partial charge in [-0.25, -0.2) is 0 Å². The summed E-state index contributed by atoms with van der Waals surface area (Å²) in [6.45, 7) is 2.04. The number of methoxy groups -OCH3 is 1. The minimum atomic E-state index is 0.599. The molecule has 0 aliphatic rings. The van der Waals surface area contributed by atoms with Crippen LogP contribution in [0.3, 0.4) is 0 Å². The minimum absolute atomic E-state index is 0.599. The first-order valence-corrected chi connectivity index (χ1v) is 4.18. The number of aryl methyl sites for hydroxylation is 1. The maximum atomic E-state index is 5.82. The van der Waals surface area contributed by atoms with Crippen molar-refractivity contribution in [3.8, 4) is 5.75 Å². The van der Waals surface area contributed by atoms with E-state index in [4.69, 9.17) is 22.1 Å². The first-order chi connectivity index (χ1) is 5.69. The van der Waals surface area contributed by atoms with E-state index in [1.54, 1.807) is 13.2 Å². The third-order valence-corrected chi connectivity index (χ3v) is 1.96. The molecule has 1 aromatic carbocycles. The SMILES string of the molecule is CCc1cc(Cl)cc(N)c1OC. The molecule has 0 aliphatic carbocycles. The smallest absolute Gasteiger partial charge is 0.145 e. The largest absolute Gasteiger partial charge is 0.494 e. The molecule has 3 heteroatoms. The van der Waals surface area contributed by atoms with Gasteiger partial charge in [-0.1, -0.05) is 18.5 Å². The predicted octanol–water partition coefficient (Wildman–Crippen LogP) is 2.49. The zero-order valence-electron chi connectivity index (χ0n) is 7.23. The van der Waals surface area contributed by atoms with Gasteiger partial charge < -0.3 is 10.5 Å². The molecule has 0 radical (unpaired) electrons. The van der Waals surface area contributed by atoms with Crippen LogP contribution in [-0.4, -0.2) is 7.11 Å². The lowest BCUT2D eigenvalue weighted by Crippen LogP contribution is -1.96. The van der Waals surface area contributed by atoms with Gasteiger partial charge in [-0.3, -0.25) is 0 Å². The number of ether oxygens (including phenoxy) is 1. The summed E-state index contributed by atoms with van der Waals surface area (Å²) in [4.78, 5) is 0. The summed E-state index contributed by atoms with van der Waals surface area (Å²) in [5.74, 6) is 0.738. The van der Waals surface area contributed by atoms with E-state index in [1.165, 1.54) is 0 Å². The van der Waals surface area contributed by atoms with Gasteiger partial charge in [0.2, 0.25) is 0 Å². The Kier molecular flexibility index (Phi) is 2.82. The highest BCUT2D eigenvalue weighted by molar-refractivity contribution is 6.31. The summed E-state index contributed by atoms with van der Waals surface area (Å²) in [6.07, 6.45) is 0.869. The second-order valence-corrected chi connectivity index (χ2v) is 2.98. The third-order valence-electron chi connectivity index (χ3n) is 1.74. The van der Waals surface area contributed by atoms with E-state index in [9.17, 15) is 0 Å². The number of nitrogen functional groups attached to an aromatic ring is 1. The van der Waals surface area contributed by atoms with Crippen LogP contribution in [0.2, 0.25) is 5.02 Å². The Bertz CT molecular complexity index is 286. The van der Waals surface area contributed by atoms with Crippen molar-refractivity contribution in [2.75, 3.05) is 12.8 Å².